The second-order valence-electron chi connectivity index (χ2n) is 8.79. The van der Waals surface area contributed by atoms with Gasteiger partial charge < -0.3 is 13.3 Å². The minimum Gasteiger partial charge on any atom is -0.380 e. The lowest BCUT2D eigenvalue weighted by atomic mass is 10.0. The molecule has 0 saturated carbocycles. The van der Waals surface area contributed by atoms with Crippen LogP contribution < -0.4 is 0 Å². The Morgan fingerprint density at radius 2 is 0.793 bits per heavy atom. The third kappa shape index (κ3) is 14.9. The number of unbranched alkanes of at least 4 members (excludes halogenated alkanes) is 15. The minimum absolute atomic E-state index is 1.11. The lowest BCUT2D eigenvalue weighted by molar-refractivity contribution is 0.146. The van der Waals surface area contributed by atoms with Gasteiger partial charge in [0.25, 0.3) is 0 Å². The van der Waals surface area contributed by atoms with Gasteiger partial charge in [-0.1, -0.05) is 135 Å². The van der Waals surface area contributed by atoms with E-state index in [1.807, 2.05) is 0 Å². The highest BCUT2D eigenvalue weighted by atomic mass is 29.3. The molecule has 0 aromatic heterocycles. The fourth-order valence-electron chi connectivity index (χ4n) is 4.54. The van der Waals surface area contributed by atoms with Crippen molar-refractivity contribution >= 4 is 16.6 Å². The van der Waals surface area contributed by atoms with Crippen LogP contribution in [-0.2, 0) is 13.3 Å². The van der Waals surface area contributed by atoms with Gasteiger partial charge in [0.2, 0.25) is 0 Å². The molecule has 0 aromatic rings. The maximum Gasteiger partial charge on any atom is 0.465 e. The van der Waals surface area contributed by atoms with E-state index >= 15 is 0 Å². The van der Waals surface area contributed by atoms with E-state index in [9.17, 15) is 0 Å². The Kier molecular flexibility index (Phi) is 21.8. The molecule has 176 valence electrons. The van der Waals surface area contributed by atoms with Crippen molar-refractivity contribution in [1.82, 2.24) is 0 Å². The van der Waals surface area contributed by atoms with Crippen molar-refractivity contribution in [3.05, 3.63) is 0 Å². The molecule has 1 atom stereocenters. The largest absolute Gasteiger partial charge is 0.465 e. The van der Waals surface area contributed by atoms with E-state index in [1.54, 1.807) is 21.3 Å². The Labute approximate surface area is 186 Å². The summed E-state index contributed by atoms with van der Waals surface area (Å²) in [6.45, 7) is 4.57. The summed E-state index contributed by atoms with van der Waals surface area (Å²) in [7, 11) is 1.90. The van der Waals surface area contributed by atoms with E-state index in [4.69, 9.17) is 13.3 Å². The van der Waals surface area contributed by atoms with Gasteiger partial charge in [-0.3, -0.25) is 0 Å². The molecule has 0 bridgehead atoms. The van der Waals surface area contributed by atoms with Crippen molar-refractivity contribution in [2.75, 3.05) is 21.3 Å². The normalized spacial score (nSPS) is 13.1. The van der Waals surface area contributed by atoms with E-state index in [-0.39, 0.29) is 0 Å². The van der Waals surface area contributed by atoms with Crippen molar-refractivity contribution in [3.8, 4) is 0 Å². The Hall–Kier alpha value is 0.314. The summed E-state index contributed by atoms with van der Waals surface area (Å²) < 4.78 is 17.4. The third-order valence-electron chi connectivity index (χ3n) is 6.40. The van der Waals surface area contributed by atoms with Crippen LogP contribution in [0.25, 0.3) is 0 Å². The highest BCUT2D eigenvalue weighted by Crippen LogP contribution is 2.22. The first-order valence-electron chi connectivity index (χ1n) is 12.9. The molecule has 29 heavy (non-hydrogen) atoms. The summed E-state index contributed by atoms with van der Waals surface area (Å²) in [5, 5.41) is 0. The van der Waals surface area contributed by atoms with E-state index in [0.717, 1.165) is 0 Å². The Morgan fingerprint density at radius 3 is 1.10 bits per heavy atom. The maximum absolute atomic E-state index is 5.79. The summed E-state index contributed by atoms with van der Waals surface area (Å²) in [4.78, 5) is 0. The fraction of sp³-hybridized carbons (Fsp3) is 1.00. The average molecular weight is 447 g/mol. The molecule has 0 aliphatic rings. The van der Waals surface area contributed by atoms with Crippen LogP contribution in [0.2, 0.25) is 12.1 Å². The molecule has 3 nitrogen and oxygen atoms in total. The van der Waals surface area contributed by atoms with Gasteiger partial charge in [0, 0.05) is 21.3 Å². The number of hydrogen-bond donors (Lipinski definition) is 0. The monoisotopic (exact) mass is 446 g/mol. The fourth-order valence-corrected chi connectivity index (χ4v) is 15.1. The summed E-state index contributed by atoms with van der Waals surface area (Å²) in [5.41, 5.74) is 0. The maximum atomic E-state index is 5.79. The Bertz CT molecular complexity index is 317. The molecule has 0 N–H and O–H groups in total. The van der Waals surface area contributed by atoms with Crippen molar-refractivity contribution in [3.63, 3.8) is 0 Å². The molecule has 0 aliphatic heterocycles. The minimum atomic E-state index is -2.34. The van der Waals surface area contributed by atoms with Gasteiger partial charge in [-0.2, -0.15) is 0 Å². The molecule has 0 fully saturated rings. The molecule has 0 rings (SSSR count). The second-order valence-corrected chi connectivity index (χ2v) is 18.3. The van der Waals surface area contributed by atoms with E-state index in [0.29, 0.717) is 0 Å². The van der Waals surface area contributed by atoms with Crippen LogP contribution in [0.3, 0.4) is 0 Å². The second kappa shape index (κ2) is 21.5. The van der Waals surface area contributed by atoms with Crippen molar-refractivity contribution in [2.24, 2.45) is 0 Å². The molecular formula is C24H54O3Si2. The van der Waals surface area contributed by atoms with Crippen molar-refractivity contribution < 1.29 is 13.3 Å². The summed E-state index contributed by atoms with van der Waals surface area (Å²) in [5.74, 6) is 0. The lowest BCUT2D eigenvalue weighted by Crippen LogP contribution is -2.57. The zero-order valence-corrected chi connectivity index (χ0v) is 22.9. The predicted octanol–water partition coefficient (Wildman–Crippen LogP) is 7.84. The molecule has 0 amide bonds. The van der Waals surface area contributed by atoms with Crippen LogP contribution in [0.15, 0.2) is 0 Å². The van der Waals surface area contributed by atoms with Crippen LogP contribution in [0.1, 0.15) is 123 Å². The molecule has 1 unspecified atom stereocenters. The Morgan fingerprint density at radius 1 is 0.448 bits per heavy atom. The van der Waals surface area contributed by atoms with Crippen molar-refractivity contribution in [2.45, 2.75) is 135 Å². The lowest BCUT2D eigenvalue weighted by Gasteiger charge is -2.31. The van der Waals surface area contributed by atoms with Crippen LogP contribution in [0, 0.1) is 0 Å². The smallest absolute Gasteiger partial charge is 0.380 e. The highest BCUT2D eigenvalue weighted by molar-refractivity contribution is 7.24. The standard InChI is InChI=1S/C24H54O3Si2/c1-6-8-9-10-11-12-13-14-15-16-17-18-19-20-21-22-24-28(23-7-2)29(25-3,26-4)27-5/h28H,6-24H2,1-5H3. The first-order valence-corrected chi connectivity index (χ1v) is 18.0. The van der Waals surface area contributed by atoms with Crippen molar-refractivity contribution in [1.29, 1.82) is 0 Å². The predicted molar refractivity (Wildman–Crippen MR) is 133 cm³/mol. The van der Waals surface area contributed by atoms with E-state index in [1.165, 1.54) is 121 Å². The quantitative estimate of drug-likeness (QED) is 0.118. The highest BCUT2D eigenvalue weighted by Gasteiger charge is 2.46. The van der Waals surface area contributed by atoms with Gasteiger partial charge in [-0.05, 0) is 0 Å². The SMILES string of the molecule is CCCCCCCCCCCCCCCCCC[SiH](CCC)[Si](OC)(OC)OC. The topological polar surface area (TPSA) is 27.7 Å². The molecular weight excluding hydrogens is 392 g/mol. The van der Waals surface area contributed by atoms with Gasteiger partial charge >= 0.3 is 8.32 Å². The Balaban J connectivity index is 3.55. The first kappa shape index (κ1) is 29.3. The zero-order valence-electron chi connectivity index (χ0n) is 20.7. The van der Waals surface area contributed by atoms with Gasteiger partial charge in [0.1, 0.15) is 8.31 Å². The van der Waals surface area contributed by atoms with Gasteiger partial charge in [-0.15, -0.1) is 0 Å². The molecule has 0 heterocycles. The van der Waals surface area contributed by atoms with Crippen LogP contribution in [0.5, 0.6) is 0 Å². The molecule has 5 heteroatoms. The van der Waals surface area contributed by atoms with E-state index in [2.05, 4.69) is 13.8 Å². The van der Waals surface area contributed by atoms with Crippen LogP contribution >= 0.6 is 0 Å². The molecule has 0 aromatic carbocycles. The average Bonchev–Trinajstić information content (AvgIpc) is 2.75. The molecule has 0 saturated heterocycles. The summed E-state index contributed by atoms with van der Waals surface area (Å²) in [6.07, 6.45) is 24.1. The van der Waals surface area contributed by atoms with Crippen LogP contribution in [0.4, 0.5) is 0 Å². The third-order valence-corrected chi connectivity index (χ3v) is 18.3. The number of rotatable bonds is 23. The molecule has 0 aliphatic carbocycles. The summed E-state index contributed by atoms with van der Waals surface area (Å²) in [6, 6.07) is 2.59. The number of hydrogen-bond acceptors (Lipinski definition) is 3. The van der Waals surface area contributed by atoms with Crippen LogP contribution in [-0.4, -0.2) is 38.0 Å². The molecule has 0 radical (unpaired) electrons. The molecule has 0 spiro atoms. The first-order chi connectivity index (χ1) is 14.2. The van der Waals surface area contributed by atoms with E-state index < -0.39 is 16.6 Å². The van der Waals surface area contributed by atoms with Gasteiger partial charge in [-0.25, -0.2) is 0 Å². The van der Waals surface area contributed by atoms with Gasteiger partial charge in [0.15, 0.2) is 0 Å². The summed E-state index contributed by atoms with van der Waals surface area (Å²) >= 11 is 0. The zero-order chi connectivity index (χ0) is 21.6. The van der Waals surface area contributed by atoms with Gasteiger partial charge in [0.05, 0.1) is 0 Å².